The SMILES string of the molecule is O=C(Oc1ccc(OC2CC2)cc1)C1(c2cccnc2)CCC1. The van der Waals surface area contributed by atoms with Gasteiger partial charge < -0.3 is 9.47 Å². The fraction of sp³-hybridized carbons (Fsp3) is 0.368. The van der Waals surface area contributed by atoms with Gasteiger partial charge in [-0.25, -0.2) is 0 Å². The highest BCUT2D eigenvalue weighted by molar-refractivity contribution is 5.86. The smallest absolute Gasteiger partial charge is 0.322 e. The van der Waals surface area contributed by atoms with Gasteiger partial charge in [-0.05, 0) is 61.6 Å². The molecule has 118 valence electrons. The van der Waals surface area contributed by atoms with Crippen LogP contribution >= 0.6 is 0 Å². The van der Waals surface area contributed by atoms with Gasteiger partial charge in [0.15, 0.2) is 0 Å². The first kappa shape index (κ1) is 14.2. The number of hydrogen-bond acceptors (Lipinski definition) is 4. The predicted octanol–water partition coefficient (Wildman–Crippen LogP) is 3.65. The van der Waals surface area contributed by atoms with Gasteiger partial charge in [-0.3, -0.25) is 9.78 Å². The van der Waals surface area contributed by atoms with E-state index in [0.29, 0.717) is 11.9 Å². The number of carbonyl (C=O) groups excluding carboxylic acids is 1. The molecule has 0 bridgehead atoms. The van der Waals surface area contributed by atoms with Gasteiger partial charge in [0.2, 0.25) is 0 Å². The van der Waals surface area contributed by atoms with Crippen molar-refractivity contribution in [3.8, 4) is 11.5 Å². The standard InChI is InChI=1S/C19H19NO3/c21-18(19(10-2-11-19)14-3-1-12-20-13-14)23-17-8-6-16(7-9-17)22-15-4-5-15/h1,3,6-9,12-13,15H,2,4-5,10-11H2. The van der Waals surface area contributed by atoms with Crippen LogP contribution in [0.3, 0.4) is 0 Å². The van der Waals surface area contributed by atoms with Crippen molar-refractivity contribution in [2.24, 2.45) is 0 Å². The lowest BCUT2D eigenvalue weighted by molar-refractivity contribution is -0.144. The van der Waals surface area contributed by atoms with E-state index in [2.05, 4.69) is 4.98 Å². The molecule has 0 atom stereocenters. The third-order valence-electron chi connectivity index (χ3n) is 4.67. The summed E-state index contributed by atoms with van der Waals surface area (Å²) in [5, 5.41) is 0. The largest absolute Gasteiger partial charge is 0.490 e. The Hall–Kier alpha value is -2.36. The molecule has 0 unspecified atom stereocenters. The van der Waals surface area contributed by atoms with Crippen molar-refractivity contribution >= 4 is 5.97 Å². The van der Waals surface area contributed by atoms with E-state index in [1.807, 2.05) is 24.3 Å². The van der Waals surface area contributed by atoms with Crippen LogP contribution in [0.2, 0.25) is 0 Å². The number of esters is 1. The second kappa shape index (κ2) is 5.69. The van der Waals surface area contributed by atoms with Crippen LogP contribution in [0.4, 0.5) is 0 Å². The zero-order chi connectivity index (χ0) is 15.7. The topological polar surface area (TPSA) is 48.4 Å². The lowest BCUT2D eigenvalue weighted by Crippen LogP contribution is -2.45. The van der Waals surface area contributed by atoms with Gasteiger partial charge in [0.05, 0.1) is 11.5 Å². The van der Waals surface area contributed by atoms with Crippen LogP contribution in [-0.4, -0.2) is 17.1 Å². The third kappa shape index (κ3) is 2.81. The number of aromatic nitrogens is 1. The first-order valence-electron chi connectivity index (χ1n) is 8.16. The number of carbonyl (C=O) groups is 1. The van der Waals surface area contributed by atoms with Crippen molar-refractivity contribution in [1.82, 2.24) is 4.98 Å². The van der Waals surface area contributed by atoms with Crippen molar-refractivity contribution in [2.45, 2.75) is 43.6 Å². The molecule has 0 spiro atoms. The number of ether oxygens (including phenoxy) is 2. The van der Waals surface area contributed by atoms with Crippen LogP contribution in [-0.2, 0) is 10.2 Å². The van der Waals surface area contributed by atoms with E-state index < -0.39 is 5.41 Å². The molecule has 1 aromatic heterocycles. The maximum absolute atomic E-state index is 12.7. The van der Waals surface area contributed by atoms with Crippen molar-refractivity contribution in [3.63, 3.8) is 0 Å². The Morgan fingerprint density at radius 3 is 2.39 bits per heavy atom. The van der Waals surface area contributed by atoms with Crippen molar-refractivity contribution in [3.05, 3.63) is 54.4 Å². The summed E-state index contributed by atoms with van der Waals surface area (Å²) in [5.41, 5.74) is 0.419. The van der Waals surface area contributed by atoms with Crippen LogP contribution < -0.4 is 9.47 Å². The summed E-state index contributed by atoms with van der Waals surface area (Å²) in [4.78, 5) is 16.9. The molecule has 2 fully saturated rings. The van der Waals surface area contributed by atoms with E-state index >= 15 is 0 Å². The number of rotatable bonds is 5. The predicted molar refractivity (Wildman–Crippen MR) is 85.5 cm³/mol. The fourth-order valence-corrected chi connectivity index (χ4v) is 2.96. The maximum atomic E-state index is 12.7. The van der Waals surface area contributed by atoms with E-state index in [1.54, 1.807) is 24.5 Å². The van der Waals surface area contributed by atoms with Gasteiger partial charge in [-0.2, -0.15) is 0 Å². The first-order valence-corrected chi connectivity index (χ1v) is 8.16. The van der Waals surface area contributed by atoms with E-state index in [-0.39, 0.29) is 5.97 Å². The summed E-state index contributed by atoms with van der Waals surface area (Å²) in [6.45, 7) is 0. The minimum absolute atomic E-state index is 0.187. The molecule has 2 aliphatic carbocycles. The molecule has 0 radical (unpaired) electrons. The number of benzene rings is 1. The summed E-state index contributed by atoms with van der Waals surface area (Å²) < 4.78 is 11.3. The van der Waals surface area contributed by atoms with Crippen molar-refractivity contribution in [2.75, 3.05) is 0 Å². The van der Waals surface area contributed by atoms with E-state index in [9.17, 15) is 4.79 Å². The molecule has 0 amide bonds. The second-order valence-electron chi connectivity index (χ2n) is 6.36. The number of hydrogen-bond donors (Lipinski definition) is 0. The van der Waals surface area contributed by atoms with Gasteiger partial charge in [0.25, 0.3) is 0 Å². The van der Waals surface area contributed by atoms with Crippen molar-refractivity contribution in [1.29, 1.82) is 0 Å². The van der Waals surface area contributed by atoms with E-state index in [0.717, 1.165) is 43.4 Å². The Balaban J connectivity index is 1.48. The molecule has 2 aliphatic rings. The van der Waals surface area contributed by atoms with Crippen LogP contribution in [0.5, 0.6) is 11.5 Å². The number of nitrogens with zero attached hydrogens (tertiary/aromatic N) is 1. The highest BCUT2D eigenvalue weighted by Crippen LogP contribution is 2.44. The van der Waals surface area contributed by atoms with Crippen LogP contribution in [0, 0.1) is 0 Å². The Kier molecular flexibility index (Phi) is 3.52. The maximum Gasteiger partial charge on any atom is 0.322 e. The zero-order valence-corrected chi connectivity index (χ0v) is 12.9. The lowest BCUT2D eigenvalue weighted by Gasteiger charge is -2.39. The van der Waals surface area contributed by atoms with E-state index in [1.165, 1.54) is 0 Å². The zero-order valence-electron chi connectivity index (χ0n) is 12.9. The molecular weight excluding hydrogens is 290 g/mol. The highest BCUT2D eigenvalue weighted by Gasteiger charge is 2.47. The molecule has 0 saturated heterocycles. The molecule has 4 rings (SSSR count). The molecule has 1 aromatic carbocycles. The molecule has 4 nitrogen and oxygen atoms in total. The normalized spacial score (nSPS) is 18.8. The van der Waals surface area contributed by atoms with Crippen LogP contribution in [0.15, 0.2) is 48.8 Å². The Morgan fingerprint density at radius 2 is 1.83 bits per heavy atom. The second-order valence-corrected chi connectivity index (χ2v) is 6.36. The summed E-state index contributed by atoms with van der Waals surface area (Å²) in [6.07, 6.45) is 8.80. The van der Waals surface area contributed by atoms with Gasteiger partial charge in [0, 0.05) is 12.4 Å². The minimum Gasteiger partial charge on any atom is -0.490 e. The summed E-state index contributed by atoms with van der Waals surface area (Å²) in [7, 11) is 0. The van der Waals surface area contributed by atoms with Gasteiger partial charge >= 0.3 is 5.97 Å². The van der Waals surface area contributed by atoms with E-state index in [4.69, 9.17) is 9.47 Å². The molecule has 2 aromatic rings. The van der Waals surface area contributed by atoms with Crippen LogP contribution in [0.1, 0.15) is 37.7 Å². The first-order chi connectivity index (χ1) is 11.3. The van der Waals surface area contributed by atoms with Crippen molar-refractivity contribution < 1.29 is 14.3 Å². The summed E-state index contributed by atoms with van der Waals surface area (Å²) in [5.74, 6) is 1.21. The molecule has 2 saturated carbocycles. The summed E-state index contributed by atoms with van der Waals surface area (Å²) >= 11 is 0. The highest BCUT2D eigenvalue weighted by atomic mass is 16.5. The Labute approximate surface area is 135 Å². The molecule has 0 N–H and O–H groups in total. The van der Waals surface area contributed by atoms with Gasteiger partial charge in [0.1, 0.15) is 11.5 Å². The lowest BCUT2D eigenvalue weighted by atomic mass is 9.65. The molecule has 4 heteroatoms. The summed E-state index contributed by atoms with van der Waals surface area (Å²) in [6, 6.07) is 11.1. The minimum atomic E-state index is -0.530. The number of pyridine rings is 1. The van der Waals surface area contributed by atoms with Gasteiger partial charge in [-0.15, -0.1) is 0 Å². The van der Waals surface area contributed by atoms with Gasteiger partial charge in [-0.1, -0.05) is 12.5 Å². The Bertz CT molecular complexity index is 688. The average Bonchev–Trinajstić information content (AvgIpc) is 3.33. The average molecular weight is 309 g/mol. The monoisotopic (exact) mass is 309 g/mol. The molecule has 0 aliphatic heterocycles. The quantitative estimate of drug-likeness (QED) is 0.625. The Morgan fingerprint density at radius 1 is 1.09 bits per heavy atom. The fourth-order valence-electron chi connectivity index (χ4n) is 2.96. The molecular formula is C19H19NO3. The van der Waals surface area contributed by atoms with Crippen LogP contribution in [0.25, 0.3) is 0 Å². The molecule has 23 heavy (non-hydrogen) atoms. The third-order valence-corrected chi connectivity index (χ3v) is 4.67. The molecule has 1 heterocycles.